The highest BCUT2D eigenvalue weighted by Gasteiger charge is 2.19. The summed E-state index contributed by atoms with van der Waals surface area (Å²) in [5.74, 6) is -0.454. The second kappa shape index (κ2) is 12.8. The maximum absolute atomic E-state index is 12.9. The topological polar surface area (TPSA) is 123 Å². The maximum atomic E-state index is 12.9. The Morgan fingerprint density at radius 3 is 2.35 bits per heavy atom. The number of ether oxygens (including phenoxy) is 2. The second-order valence-corrected chi connectivity index (χ2v) is 11.1. The van der Waals surface area contributed by atoms with Crippen LogP contribution in [0.5, 0.6) is 11.5 Å². The Labute approximate surface area is 244 Å². The summed E-state index contributed by atoms with van der Waals surface area (Å²) in [5, 5.41) is 4.37. The molecule has 0 fully saturated rings. The molecule has 4 aromatic rings. The van der Waals surface area contributed by atoms with Gasteiger partial charge in [-0.05, 0) is 78.9 Å². The number of nitrogens with zero attached hydrogens (tertiary/aromatic N) is 1. The molecule has 0 radical (unpaired) electrons. The number of nitrogens with one attached hydrogen (secondary N) is 2. The Bertz CT molecular complexity index is 1680. The third-order valence-corrected chi connectivity index (χ3v) is 7.54. The van der Waals surface area contributed by atoms with E-state index in [1.165, 1.54) is 49.7 Å². The number of halogens is 2. The normalized spacial score (nSPS) is 11.2. The Kier molecular flexibility index (Phi) is 9.20. The SMILES string of the molecule is COc1ccc(C(=O)Oc2ccc(Br)cc2C=NNC(=O)c2ccccc2NS(=O)(=O)c2ccc(Cl)cc2)cc1. The van der Waals surface area contributed by atoms with Crippen LogP contribution in [0.3, 0.4) is 0 Å². The van der Waals surface area contributed by atoms with Crippen molar-refractivity contribution < 1.29 is 27.5 Å². The molecule has 0 unspecified atom stereocenters. The number of hydrazone groups is 1. The lowest BCUT2D eigenvalue weighted by Gasteiger charge is -2.12. The summed E-state index contributed by atoms with van der Waals surface area (Å²) in [5.41, 5.74) is 3.18. The monoisotopic (exact) mass is 641 g/mol. The summed E-state index contributed by atoms with van der Waals surface area (Å²) in [6.45, 7) is 0. The molecule has 12 heteroatoms. The highest BCUT2D eigenvalue weighted by atomic mass is 79.9. The number of rotatable bonds is 9. The van der Waals surface area contributed by atoms with E-state index in [0.717, 1.165) is 0 Å². The van der Waals surface area contributed by atoms with Gasteiger partial charge in [0.25, 0.3) is 15.9 Å². The van der Waals surface area contributed by atoms with Gasteiger partial charge in [0, 0.05) is 15.1 Å². The van der Waals surface area contributed by atoms with Gasteiger partial charge >= 0.3 is 5.97 Å². The van der Waals surface area contributed by atoms with Crippen molar-refractivity contribution in [2.45, 2.75) is 4.90 Å². The highest BCUT2D eigenvalue weighted by molar-refractivity contribution is 9.10. The fourth-order valence-corrected chi connectivity index (χ4v) is 4.99. The first-order valence-electron chi connectivity index (χ1n) is 11.5. The van der Waals surface area contributed by atoms with Crippen molar-refractivity contribution in [2.75, 3.05) is 11.8 Å². The van der Waals surface area contributed by atoms with E-state index < -0.39 is 21.9 Å². The lowest BCUT2D eigenvalue weighted by atomic mass is 10.2. The molecule has 1 amide bonds. The van der Waals surface area contributed by atoms with Crippen LogP contribution in [0.4, 0.5) is 5.69 Å². The molecule has 0 saturated carbocycles. The number of hydrogen-bond acceptors (Lipinski definition) is 7. The summed E-state index contributed by atoms with van der Waals surface area (Å²) in [7, 11) is -2.46. The predicted molar refractivity (Wildman–Crippen MR) is 156 cm³/mol. The molecule has 0 atom stereocenters. The minimum atomic E-state index is -3.99. The number of para-hydroxylation sites is 1. The first kappa shape index (κ1) is 28.8. The van der Waals surface area contributed by atoms with E-state index in [0.29, 0.717) is 26.4 Å². The molecule has 0 saturated heterocycles. The molecular weight excluding hydrogens is 622 g/mol. The molecule has 2 N–H and O–H groups in total. The third-order valence-electron chi connectivity index (χ3n) is 5.41. The summed E-state index contributed by atoms with van der Waals surface area (Å²) in [4.78, 5) is 25.5. The minimum absolute atomic E-state index is 0.0171. The second-order valence-electron chi connectivity index (χ2n) is 8.10. The molecule has 0 bridgehead atoms. The lowest BCUT2D eigenvalue weighted by Crippen LogP contribution is -2.21. The van der Waals surface area contributed by atoms with Gasteiger partial charge in [-0.1, -0.05) is 39.7 Å². The summed E-state index contributed by atoms with van der Waals surface area (Å²) in [6, 6.07) is 23.1. The van der Waals surface area contributed by atoms with E-state index in [1.807, 2.05) is 0 Å². The van der Waals surface area contributed by atoms with Gasteiger partial charge in [-0.25, -0.2) is 18.6 Å². The van der Waals surface area contributed by atoms with Crippen molar-refractivity contribution in [2.24, 2.45) is 5.10 Å². The number of esters is 1. The first-order valence-corrected chi connectivity index (χ1v) is 14.2. The van der Waals surface area contributed by atoms with Crippen LogP contribution in [0.15, 0.2) is 105 Å². The van der Waals surface area contributed by atoms with Crippen molar-refractivity contribution >= 4 is 61.3 Å². The first-order chi connectivity index (χ1) is 19.2. The van der Waals surface area contributed by atoms with Crippen molar-refractivity contribution in [3.63, 3.8) is 0 Å². The van der Waals surface area contributed by atoms with Gasteiger partial charge in [0.05, 0.1) is 35.0 Å². The van der Waals surface area contributed by atoms with Crippen molar-refractivity contribution in [3.05, 3.63) is 117 Å². The molecule has 4 rings (SSSR count). The van der Waals surface area contributed by atoms with Crippen molar-refractivity contribution in [1.29, 1.82) is 0 Å². The molecule has 204 valence electrons. The van der Waals surface area contributed by atoms with Gasteiger partial charge in [-0.3, -0.25) is 9.52 Å². The van der Waals surface area contributed by atoms with Crippen molar-refractivity contribution in [3.8, 4) is 11.5 Å². The van der Waals surface area contributed by atoms with E-state index in [9.17, 15) is 18.0 Å². The Morgan fingerprint density at radius 2 is 1.65 bits per heavy atom. The fourth-order valence-electron chi connectivity index (χ4n) is 3.41. The highest BCUT2D eigenvalue weighted by Crippen LogP contribution is 2.24. The van der Waals surface area contributed by atoms with Gasteiger partial charge in [-0.15, -0.1) is 0 Å². The number of anilines is 1. The molecule has 0 aromatic heterocycles. The van der Waals surface area contributed by atoms with Gasteiger partial charge in [0.1, 0.15) is 11.5 Å². The molecular formula is C28H21BrClN3O6S. The maximum Gasteiger partial charge on any atom is 0.343 e. The number of methoxy groups -OCH3 is 1. The number of carbonyl (C=O) groups excluding carboxylic acids is 2. The van der Waals surface area contributed by atoms with E-state index in [1.54, 1.807) is 54.6 Å². The lowest BCUT2D eigenvalue weighted by molar-refractivity contribution is 0.0734. The van der Waals surface area contributed by atoms with Gasteiger partial charge in [-0.2, -0.15) is 5.10 Å². The summed E-state index contributed by atoms with van der Waals surface area (Å²) >= 11 is 9.22. The third kappa shape index (κ3) is 7.26. The molecule has 0 heterocycles. The molecule has 4 aromatic carbocycles. The molecule has 40 heavy (non-hydrogen) atoms. The van der Waals surface area contributed by atoms with E-state index in [-0.39, 0.29) is 21.9 Å². The van der Waals surface area contributed by atoms with Gasteiger partial charge < -0.3 is 9.47 Å². The smallest absolute Gasteiger partial charge is 0.343 e. The average molecular weight is 643 g/mol. The quantitative estimate of drug-likeness (QED) is 0.102. The number of amides is 1. The predicted octanol–water partition coefficient (Wildman–Crippen LogP) is 5.90. The minimum Gasteiger partial charge on any atom is -0.497 e. The van der Waals surface area contributed by atoms with Gasteiger partial charge in [0.15, 0.2) is 0 Å². The molecule has 9 nitrogen and oxygen atoms in total. The Morgan fingerprint density at radius 1 is 0.950 bits per heavy atom. The van der Waals surface area contributed by atoms with Crippen LogP contribution in [-0.4, -0.2) is 33.6 Å². The zero-order valence-corrected chi connectivity index (χ0v) is 24.0. The standard InChI is InChI=1S/C28H21BrClN3O6S/c1-38-22-11-6-18(7-12-22)28(35)39-26-15-8-20(29)16-19(26)17-31-32-27(34)24-4-2-3-5-25(24)33-40(36,37)23-13-9-21(30)10-14-23/h2-17,33H,1H3,(H,32,34). The number of sulfonamides is 1. The van der Waals surface area contributed by atoms with Crippen LogP contribution in [0.2, 0.25) is 5.02 Å². The number of hydrogen-bond donors (Lipinski definition) is 2. The molecule has 0 aliphatic rings. The van der Waals surface area contributed by atoms with E-state index in [4.69, 9.17) is 21.1 Å². The van der Waals surface area contributed by atoms with Crippen LogP contribution < -0.4 is 19.6 Å². The number of benzene rings is 4. The van der Waals surface area contributed by atoms with Crippen LogP contribution >= 0.6 is 27.5 Å². The Hall–Kier alpha value is -4.19. The average Bonchev–Trinajstić information content (AvgIpc) is 2.94. The van der Waals surface area contributed by atoms with Gasteiger partial charge in [0.2, 0.25) is 0 Å². The zero-order valence-electron chi connectivity index (χ0n) is 20.8. The summed E-state index contributed by atoms with van der Waals surface area (Å²) < 4.78 is 39.4. The van der Waals surface area contributed by atoms with E-state index in [2.05, 4.69) is 31.2 Å². The fraction of sp³-hybridized carbons (Fsp3) is 0.0357. The van der Waals surface area contributed by atoms with Crippen LogP contribution in [-0.2, 0) is 10.0 Å². The molecule has 0 aliphatic heterocycles. The molecule has 0 aliphatic carbocycles. The Balaban J connectivity index is 1.49. The largest absolute Gasteiger partial charge is 0.497 e. The summed E-state index contributed by atoms with van der Waals surface area (Å²) in [6.07, 6.45) is 1.31. The molecule has 0 spiro atoms. The van der Waals surface area contributed by atoms with Crippen molar-refractivity contribution in [1.82, 2.24) is 5.43 Å². The zero-order chi connectivity index (χ0) is 28.7. The number of carbonyl (C=O) groups is 2. The van der Waals surface area contributed by atoms with Crippen LogP contribution in [0, 0.1) is 0 Å². The van der Waals surface area contributed by atoms with Crippen LogP contribution in [0.1, 0.15) is 26.3 Å². The van der Waals surface area contributed by atoms with E-state index >= 15 is 0 Å². The van der Waals surface area contributed by atoms with Crippen LogP contribution in [0.25, 0.3) is 0 Å².